The Balaban J connectivity index is 2.19. The van der Waals surface area contributed by atoms with E-state index in [-0.39, 0.29) is 5.41 Å². The van der Waals surface area contributed by atoms with Crippen LogP contribution in [0.25, 0.3) is 0 Å². The number of aromatic nitrogens is 1. The number of benzene rings is 1. The first-order valence-corrected chi connectivity index (χ1v) is 7.37. The van der Waals surface area contributed by atoms with Gasteiger partial charge in [-0.1, -0.05) is 32.9 Å². The van der Waals surface area contributed by atoms with Crippen molar-refractivity contribution in [3.05, 3.63) is 53.9 Å². The number of alkyl halides is 1. The average Bonchev–Trinajstić information content (AvgIpc) is 2.48. The van der Waals surface area contributed by atoms with E-state index in [1.54, 1.807) is 12.4 Å². The van der Waals surface area contributed by atoms with E-state index in [9.17, 15) is 0 Å². The molecule has 20 heavy (non-hydrogen) atoms. The number of hydrogen-bond donors (Lipinski definition) is 0. The van der Waals surface area contributed by atoms with Crippen molar-refractivity contribution in [3.8, 4) is 11.5 Å². The molecule has 1 aromatic heterocycles. The number of ether oxygens (including phenoxy) is 1. The molecule has 0 spiro atoms. The maximum atomic E-state index is 5.89. The molecule has 0 amide bonds. The molecule has 0 aliphatic heterocycles. The largest absolute Gasteiger partial charge is 0.455 e. The van der Waals surface area contributed by atoms with Crippen LogP contribution in [0.1, 0.15) is 38.3 Å². The van der Waals surface area contributed by atoms with Gasteiger partial charge in [-0.2, -0.15) is 0 Å². The third-order valence-corrected chi connectivity index (χ3v) is 4.05. The van der Waals surface area contributed by atoms with E-state index in [1.165, 1.54) is 5.56 Å². The third kappa shape index (κ3) is 3.31. The minimum absolute atomic E-state index is 0.189. The highest BCUT2D eigenvalue weighted by Crippen LogP contribution is 2.30. The lowest BCUT2D eigenvalue weighted by Gasteiger charge is -2.23. The van der Waals surface area contributed by atoms with Gasteiger partial charge in [-0.3, -0.25) is 4.98 Å². The number of pyridine rings is 1. The van der Waals surface area contributed by atoms with Crippen molar-refractivity contribution >= 4 is 11.6 Å². The van der Waals surface area contributed by atoms with E-state index < -0.39 is 0 Å². The monoisotopic (exact) mass is 289 g/mol. The van der Waals surface area contributed by atoms with Crippen LogP contribution in [0.3, 0.4) is 0 Å². The van der Waals surface area contributed by atoms with Crippen LogP contribution < -0.4 is 4.74 Å². The molecule has 0 bridgehead atoms. The maximum Gasteiger partial charge on any atom is 0.150 e. The van der Waals surface area contributed by atoms with Crippen molar-refractivity contribution in [1.29, 1.82) is 0 Å². The van der Waals surface area contributed by atoms with Crippen LogP contribution in [-0.4, -0.2) is 4.98 Å². The van der Waals surface area contributed by atoms with Gasteiger partial charge in [0.1, 0.15) is 11.5 Å². The summed E-state index contributed by atoms with van der Waals surface area (Å²) in [6.45, 7) is 6.69. The van der Waals surface area contributed by atoms with E-state index in [2.05, 4.69) is 37.9 Å². The van der Waals surface area contributed by atoms with Crippen LogP contribution in [-0.2, 0) is 11.3 Å². The molecule has 2 rings (SSSR count). The van der Waals surface area contributed by atoms with Crippen molar-refractivity contribution in [2.45, 2.75) is 38.5 Å². The molecule has 0 N–H and O–H groups in total. The summed E-state index contributed by atoms with van der Waals surface area (Å²) in [5.41, 5.74) is 2.45. The summed E-state index contributed by atoms with van der Waals surface area (Å²) in [5.74, 6) is 1.93. The smallest absolute Gasteiger partial charge is 0.150 e. The predicted octanol–water partition coefficient (Wildman–Crippen LogP) is 5.30. The predicted molar refractivity (Wildman–Crippen MR) is 83.6 cm³/mol. The highest BCUT2D eigenvalue weighted by Gasteiger charge is 2.17. The Morgan fingerprint density at radius 1 is 1.15 bits per heavy atom. The van der Waals surface area contributed by atoms with Gasteiger partial charge in [-0.05, 0) is 35.6 Å². The van der Waals surface area contributed by atoms with Crippen molar-refractivity contribution in [1.82, 2.24) is 4.98 Å². The highest BCUT2D eigenvalue weighted by molar-refractivity contribution is 6.17. The number of hydrogen-bond acceptors (Lipinski definition) is 2. The van der Waals surface area contributed by atoms with Gasteiger partial charge in [0.2, 0.25) is 0 Å². The van der Waals surface area contributed by atoms with Gasteiger partial charge >= 0.3 is 0 Å². The molecule has 0 fully saturated rings. The Bertz CT molecular complexity index is 563. The fourth-order valence-corrected chi connectivity index (χ4v) is 2.14. The standard InChI is InChI=1S/C17H20ClNO/c1-4-17(2,3)14-5-7-15(8-6-14)20-16-12-19-10-9-13(16)11-18/h5-10,12H,4,11H2,1-3H3. The zero-order chi connectivity index (χ0) is 14.6. The zero-order valence-corrected chi connectivity index (χ0v) is 12.9. The first-order chi connectivity index (χ1) is 9.56. The van der Waals surface area contributed by atoms with E-state index in [0.29, 0.717) is 11.6 Å². The molecule has 0 saturated carbocycles. The van der Waals surface area contributed by atoms with Crippen LogP contribution in [0.15, 0.2) is 42.7 Å². The van der Waals surface area contributed by atoms with Crippen molar-refractivity contribution < 1.29 is 4.74 Å². The summed E-state index contributed by atoms with van der Waals surface area (Å²) in [4.78, 5) is 4.08. The summed E-state index contributed by atoms with van der Waals surface area (Å²) in [5, 5.41) is 0. The zero-order valence-electron chi connectivity index (χ0n) is 12.2. The Hall–Kier alpha value is -1.54. The average molecular weight is 290 g/mol. The van der Waals surface area contributed by atoms with Crippen LogP contribution in [0, 0.1) is 0 Å². The first-order valence-electron chi connectivity index (χ1n) is 6.84. The number of rotatable bonds is 5. The molecule has 1 aromatic carbocycles. The van der Waals surface area contributed by atoms with Gasteiger partial charge in [-0.25, -0.2) is 0 Å². The first kappa shape index (κ1) is 14.9. The maximum absolute atomic E-state index is 5.89. The van der Waals surface area contributed by atoms with Gasteiger partial charge in [-0.15, -0.1) is 11.6 Å². The lowest BCUT2D eigenvalue weighted by atomic mass is 9.82. The quantitative estimate of drug-likeness (QED) is 0.697. The minimum atomic E-state index is 0.189. The molecule has 0 aliphatic carbocycles. The molecule has 1 heterocycles. The van der Waals surface area contributed by atoms with Gasteiger partial charge in [0.25, 0.3) is 0 Å². The van der Waals surface area contributed by atoms with Crippen LogP contribution in [0.4, 0.5) is 0 Å². The van der Waals surface area contributed by atoms with Crippen molar-refractivity contribution in [2.75, 3.05) is 0 Å². The summed E-state index contributed by atoms with van der Waals surface area (Å²) in [6.07, 6.45) is 4.52. The molecule has 0 saturated heterocycles. The van der Waals surface area contributed by atoms with Gasteiger partial charge < -0.3 is 4.74 Å². The van der Waals surface area contributed by atoms with Gasteiger partial charge in [0.15, 0.2) is 0 Å². The third-order valence-electron chi connectivity index (χ3n) is 3.76. The van der Waals surface area contributed by atoms with E-state index in [0.717, 1.165) is 17.7 Å². The lowest BCUT2D eigenvalue weighted by molar-refractivity contribution is 0.472. The van der Waals surface area contributed by atoms with Crippen molar-refractivity contribution in [2.24, 2.45) is 0 Å². The molecular weight excluding hydrogens is 270 g/mol. The highest BCUT2D eigenvalue weighted by atomic mass is 35.5. The normalized spacial score (nSPS) is 11.4. The van der Waals surface area contributed by atoms with E-state index in [1.807, 2.05) is 18.2 Å². The number of nitrogens with zero attached hydrogens (tertiary/aromatic N) is 1. The molecule has 106 valence electrons. The van der Waals surface area contributed by atoms with E-state index in [4.69, 9.17) is 16.3 Å². The SMILES string of the molecule is CCC(C)(C)c1ccc(Oc2cnccc2CCl)cc1. The summed E-state index contributed by atoms with van der Waals surface area (Å²) >= 11 is 5.89. The molecule has 2 nitrogen and oxygen atoms in total. The Morgan fingerprint density at radius 3 is 2.45 bits per heavy atom. The minimum Gasteiger partial charge on any atom is -0.455 e. The second-order valence-corrected chi connectivity index (χ2v) is 5.75. The molecule has 0 aliphatic rings. The van der Waals surface area contributed by atoms with Gasteiger partial charge in [0.05, 0.1) is 12.1 Å². The molecule has 0 radical (unpaired) electrons. The fourth-order valence-electron chi connectivity index (χ4n) is 1.92. The Kier molecular flexibility index (Phi) is 4.66. The molecule has 0 atom stereocenters. The van der Waals surface area contributed by atoms with Crippen LogP contribution in [0.2, 0.25) is 0 Å². The van der Waals surface area contributed by atoms with Crippen LogP contribution >= 0.6 is 11.6 Å². The fraction of sp³-hybridized carbons (Fsp3) is 0.353. The Morgan fingerprint density at radius 2 is 1.85 bits per heavy atom. The second kappa shape index (κ2) is 6.27. The van der Waals surface area contributed by atoms with Crippen molar-refractivity contribution in [3.63, 3.8) is 0 Å². The lowest BCUT2D eigenvalue weighted by Crippen LogP contribution is -2.14. The molecule has 2 aromatic rings. The Labute approximate surface area is 125 Å². The van der Waals surface area contributed by atoms with Crippen LogP contribution in [0.5, 0.6) is 11.5 Å². The summed E-state index contributed by atoms with van der Waals surface area (Å²) in [7, 11) is 0. The number of halogens is 1. The summed E-state index contributed by atoms with van der Waals surface area (Å²) < 4.78 is 5.85. The molecule has 0 unspecified atom stereocenters. The molecular formula is C17H20ClNO. The topological polar surface area (TPSA) is 22.1 Å². The van der Waals surface area contributed by atoms with Gasteiger partial charge in [0, 0.05) is 11.8 Å². The summed E-state index contributed by atoms with van der Waals surface area (Å²) in [6, 6.07) is 10.1. The van der Waals surface area contributed by atoms with E-state index >= 15 is 0 Å². The molecule has 3 heteroatoms. The second-order valence-electron chi connectivity index (χ2n) is 5.48.